The van der Waals surface area contributed by atoms with E-state index in [1.165, 1.54) is 11.5 Å². The second-order valence-corrected chi connectivity index (χ2v) is 6.51. The van der Waals surface area contributed by atoms with Crippen molar-refractivity contribution in [2.24, 2.45) is 0 Å². The molecule has 0 saturated carbocycles. The number of ether oxygens (including phenoxy) is 3. The number of benzene rings is 2. The summed E-state index contributed by atoms with van der Waals surface area (Å²) in [5.41, 5.74) is 1.71. The van der Waals surface area contributed by atoms with Crippen molar-refractivity contribution in [2.45, 2.75) is 6.54 Å². The fourth-order valence-electron chi connectivity index (χ4n) is 3.20. The topological polar surface area (TPSA) is 110 Å². The number of rotatable bonds is 6. The van der Waals surface area contributed by atoms with E-state index in [-0.39, 0.29) is 12.3 Å². The lowest BCUT2D eigenvalue weighted by atomic mass is 10.0. The predicted octanol–water partition coefficient (Wildman–Crippen LogP) is 1.81. The molecule has 2 aromatic carbocycles. The van der Waals surface area contributed by atoms with E-state index >= 15 is 0 Å². The molecule has 10 nitrogen and oxygen atoms in total. The molecule has 0 unspecified atom stereocenters. The number of nitrogens with zero attached hydrogens (tertiary/aromatic N) is 5. The number of hydrogen-bond donors (Lipinski definition) is 0. The van der Waals surface area contributed by atoms with Crippen LogP contribution < -0.4 is 15.2 Å². The number of fused-ring (bicyclic) bond motifs is 1. The summed E-state index contributed by atoms with van der Waals surface area (Å²) in [6, 6.07) is 14.5. The van der Waals surface area contributed by atoms with Gasteiger partial charge in [0.2, 0.25) is 0 Å². The third-order valence-electron chi connectivity index (χ3n) is 4.70. The summed E-state index contributed by atoms with van der Waals surface area (Å²) in [4.78, 5) is 24.9. The van der Waals surface area contributed by atoms with Crippen LogP contribution in [0.3, 0.4) is 0 Å². The van der Waals surface area contributed by atoms with Gasteiger partial charge in [0, 0.05) is 11.1 Å². The van der Waals surface area contributed by atoms with Crippen molar-refractivity contribution >= 4 is 11.7 Å². The molecule has 0 radical (unpaired) electrons. The molecule has 4 aromatic rings. The zero-order valence-corrected chi connectivity index (χ0v) is 17.1. The first kappa shape index (κ1) is 20.1. The summed E-state index contributed by atoms with van der Waals surface area (Å²) in [5.74, 6) is 0.687. The van der Waals surface area contributed by atoms with Crippen LogP contribution in [0.5, 0.6) is 11.5 Å². The number of methoxy groups -OCH3 is 3. The van der Waals surface area contributed by atoms with Crippen LogP contribution >= 0.6 is 0 Å². The van der Waals surface area contributed by atoms with E-state index in [2.05, 4.69) is 20.0 Å². The summed E-state index contributed by atoms with van der Waals surface area (Å²) in [5, 5.41) is 12.6. The summed E-state index contributed by atoms with van der Waals surface area (Å²) in [6.45, 7) is -0.343. The quantitative estimate of drug-likeness (QED) is 0.434. The van der Waals surface area contributed by atoms with Crippen molar-refractivity contribution in [3.63, 3.8) is 0 Å². The molecule has 2 heterocycles. The van der Waals surface area contributed by atoms with Gasteiger partial charge in [-0.1, -0.05) is 24.3 Å². The Labute approximate surface area is 176 Å². The highest BCUT2D eigenvalue weighted by atomic mass is 16.5. The fraction of sp³-hybridized carbons (Fsp3) is 0.190. The number of carbonyl (C=O) groups is 1. The first-order valence-corrected chi connectivity index (χ1v) is 9.27. The van der Waals surface area contributed by atoms with Gasteiger partial charge in [-0.05, 0) is 24.3 Å². The minimum atomic E-state index is -0.602. The summed E-state index contributed by atoms with van der Waals surface area (Å²) >= 11 is 0. The van der Waals surface area contributed by atoms with E-state index in [9.17, 15) is 9.59 Å². The molecule has 0 aliphatic rings. The van der Waals surface area contributed by atoms with Crippen molar-refractivity contribution in [2.75, 3.05) is 21.3 Å². The predicted molar refractivity (Wildman–Crippen MR) is 111 cm³/mol. The van der Waals surface area contributed by atoms with Crippen LogP contribution in [0.15, 0.2) is 53.3 Å². The molecule has 0 N–H and O–H groups in total. The van der Waals surface area contributed by atoms with E-state index < -0.39 is 11.7 Å². The molecule has 0 atom stereocenters. The minimum absolute atomic E-state index is 0.0540. The van der Waals surface area contributed by atoms with Crippen LogP contribution in [0.1, 0.15) is 0 Å². The highest BCUT2D eigenvalue weighted by molar-refractivity contribution is 5.80. The minimum Gasteiger partial charge on any atom is -0.497 e. The van der Waals surface area contributed by atoms with E-state index in [1.54, 1.807) is 44.6 Å². The van der Waals surface area contributed by atoms with Gasteiger partial charge in [-0.15, -0.1) is 15.3 Å². The maximum absolute atomic E-state index is 13.2. The molecule has 158 valence electrons. The molecule has 10 heteroatoms. The highest BCUT2D eigenvalue weighted by Crippen LogP contribution is 2.32. The average Bonchev–Trinajstić information content (AvgIpc) is 3.13. The molecule has 4 rings (SSSR count). The van der Waals surface area contributed by atoms with Crippen LogP contribution in [0.4, 0.5) is 0 Å². The molecule has 0 aliphatic heterocycles. The van der Waals surface area contributed by atoms with Crippen LogP contribution in [-0.2, 0) is 16.1 Å². The number of esters is 1. The summed E-state index contributed by atoms with van der Waals surface area (Å²) in [7, 11) is 4.37. The molecule has 0 fully saturated rings. The molecule has 2 aromatic heterocycles. The van der Waals surface area contributed by atoms with Gasteiger partial charge >= 0.3 is 11.7 Å². The normalized spacial score (nSPS) is 10.8. The van der Waals surface area contributed by atoms with Gasteiger partial charge in [-0.3, -0.25) is 4.79 Å². The molecule has 0 spiro atoms. The standard InChI is InChI=1S/C21H19N5O5/c1-29-15-8-4-6-13(10-15)18-19(14-7-5-9-16(11-14)30-2)26-20(23-22-18)24-25(21(26)28)12-17(27)31-3/h4-11H,12H2,1-3H3. The number of carbonyl (C=O) groups excluding carboxylic acids is 1. The zero-order valence-electron chi connectivity index (χ0n) is 17.1. The Hall–Kier alpha value is -4.21. The van der Waals surface area contributed by atoms with Crippen molar-refractivity contribution in [3.05, 3.63) is 59.0 Å². The lowest BCUT2D eigenvalue weighted by molar-refractivity contribution is -0.141. The molecule has 0 amide bonds. The maximum Gasteiger partial charge on any atom is 0.352 e. The van der Waals surface area contributed by atoms with Gasteiger partial charge < -0.3 is 14.2 Å². The largest absolute Gasteiger partial charge is 0.497 e. The van der Waals surface area contributed by atoms with E-state index in [1.807, 2.05) is 18.2 Å². The van der Waals surface area contributed by atoms with E-state index in [0.29, 0.717) is 34.0 Å². The lowest BCUT2D eigenvalue weighted by Crippen LogP contribution is -2.26. The monoisotopic (exact) mass is 421 g/mol. The summed E-state index contributed by atoms with van der Waals surface area (Å²) < 4.78 is 17.6. The Balaban J connectivity index is 2.04. The Morgan fingerprint density at radius 2 is 1.58 bits per heavy atom. The van der Waals surface area contributed by atoms with Gasteiger partial charge in [0.05, 0.1) is 27.0 Å². The molecule has 31 heavy (non-hydrogen) atoms. The van der Waals surface area contributed by atoms with Crippen molar-refractivity contribution in [1.29, 1.82) is 0 Å². The van der Waals surface area contributed by atoms with Gasteiger partial charge in [-0.25, -0.2) is 9.20 Å². The SMILES string of the molecule is COC(=O)Cn1nc2nnc(-c3cccc(OC)c3)c(-c3cccc(OC)c3)n2c1=O. The van der Waals surface area contributed by atoms with Crippen LogP contribution in [0, 0.1) is 0 Å². The molecule has 0 bridgehead atoms. The van der Waals surface area contributed by atoms with Gasteiger partial charge in [0.15, 0.2) is 0 Å². The zero-order chi connectivity index (χ0) is 22.0. The van der Waals surface area contributed by atoms with E-state index in [0.717, 1.165) is 4.68 Å². The lowest BCUT2D eigenvalue weighted by Gasteiger charge is -2.12. The average molecular weight is 421 g/mol. The van der Waals surface area contributed by atoms with Gasteiger partial charge in [-0.2, -0.15) is 4.68 Å². The van der Waals surface area contributed by atoms with Crippen molar-refractivity contribution < 1.29 is 19.0 Å². The number of aromatic nitrogens is 5. The summed E-state index contributed by atoms with van der Waals surface area (Å²) in [6.07, 6.45) is 0. The van der Waals surface area contributed by atoms with E-state index in [4.69, 9.17) is 9.47 Å². The fourth-order valence-corrected chi connectivity index (χ4v) is 3.20. The van der Waals surface area contributed by atoms with Crippen LogP contribution in [0.25, 0.3) is 28.3 Å². The molecule has 0 aliphatic carbocycles. The maximum atomic E-state index is 13.2. The molecule has 0 saturated heterocycles. The Bertz CT molecular complexity index is 1330. The van der Waals surface area contributed by atoms with Crippen LogP contribution in [0.2, 0.25) is 0 Å². The second kappa shape index (κ2) is 8.27. The Kier molecular flexibility index (Phi) is 5.35. The van der Waals surface area contributed by atoms with Gasteiger partial charge in [0.25, 0.3) is 5.78 Å². The molecular formula is C21H19N5O5. The highest BCUT2D eigenvalue weighted by Gasteiger charge is 2.21. The molecular weight excluding hydrogens is 402 g/mol. The number of hydrogen-bond acceptors (Lipinski definition) is 8. The smallest absolute Gasteiger partial charge is 0.352 e. The van der Waals surface area contributed by atoms with Crippen molar-refractivity contribution in [3.8, 4) is 34.0 Å². The van der Waals surface area contributed by atoms with Crippen molar-refractivity contribution in [1.82, 2.24) is 24.4 Å². The van der Waals surface area contributed by atoms with Gasteiger partial charge in [0.1, 0.15) is 23.7 Å². The first-order chi connectivity index (χ1) is 15.0. The second-order valence-electron chi connectivity index (χ2n) is 6.51. The third-order valence-corrected chi connectivity index (χ3v) is 4.70. The third kappa shape index (κ3) is 3.70. The first-order valence-electron chi connectivity index (χ1n) is 9.27. The Morgan fingerprint density at radius 1 is 0.935 bits per heavy atom. The Morgan fingerprint density at radius 3 is 2.23 bits per heavy atom. The van der Waals surface area contributed by atoms with Crippen LogP contribution in [-0.4, -0.2) is 51.7 Å².